The van der Waals surface area contributed by atoms with E-state index in [1.54, 1.807) is 23.6 Å². The lowest BCUT2D eigenvalue weighted by molar-refractivity contribution is 0.0760. The van der Waals surface area contributed by atoms with Gasteiger partial charge in [0, 0.05) is 31.9 Å². The Morgan fingerprint density at radius 3 is 2.56 bits per heavy atom. The van der Waals surface area contributed by atoms with Crippen molar-refractivity contribution >= 4 is 29.2 Å². The Balaban J connectivity index is 1.63. The number of hydrogen-bond donors (Lipinski definition) is 1. The molecular formula is C18H20ClFN4O3. The summed E-state index contributed by atoms with van der Waals surface area (Å²) in [6.07, 6.45) is 0.646. The molecule has 0 aliphatic carbocycles. The van der Waals surface area contributed by atoms with E-state index < -0.39 is 5.82 Å². The summed E-state index contributed by atoms with van der Waals surface area (Å²) in [5.74, 6) is -0.193. The van der Waals surface area contributed by atoms with Crippen LogP contribution < -0.4 is 5.32 Å². The van der Waals surface area contributed by atoms with Crippen molar-refractivity contribution in [3.8, 4) is 0 Å². The third-order valence-corrected chi connectivity index (χ3v) is 4.78. The van der Waals surface area contributed by atoms with Crippen molar-refractivity contribution in [3.05, 3.63) is 46.1 Å². The topological polar surface area (TPSA) is 78.7 Å². The van der Waals surface area contributed by atoms with Crippen LogP contribution in [0.3, 0.4) is 0 Å². The third kappa shape index (κ3) is 4.21. The van der Waals surface area contributed by atoms with E-state index in [2.05, 4.69) is 10.5 Å². The van der Waals surface area contributed by atoms with Crippen LogP contribution in [0, 0.1) is 19.7 Å². The average molecular weight is 395 g/mol. The minimum absolute atomic E-state index is 0.0556. The monoisotopic (exact) mass is 394 g/mol. The van der Waals surface area contributed by atoms with Gasteiger partial charge in [-0.2, -0.15) is 0 Å². The molecule has 1 saturated heterocycles. The molecule has 0 spiro atoms. The Bertz CT molecular complexity index is 851. The second kappa shape index (κ2) is 7.96. The number of carbonyl (C=O) groups is 2. The van der Waals surface area contributed by atoms with Crippen molar-refractivity contribution in [1.82, 2.24) is 15.0 Å². The molecule has 9 heteroatoms. The molecular weight excluding hydrogens is 375 g/mol. The SMILES string of the molecule is Cc1noc(C)c1C(=O)N1CCCN(C(=O)Nc2ccc(F)c(Cl)c2)CC1. The molecule has 27 heavy (non-hydrogen) atoms. The van der Waals surface area contributed by atoms with Crippen LogP contribution in [0.1, 0.15) is 28.2 Å². The van der Waals surface area contributed by atoms with Gasteiger partial charge < -0.3 is 19.6 Å². The van der Waals surface area contributed by atoms with E-state index in [1.807, 2.05) is 0 Å². The lowest BCUT2D eigenvalue weighted by Gasteiger charge is -2.22. The van der Waals surface area contributed by atoms with Crippen LogP contribution >= 0.6 is 11.6 Å². The minimum atomic E-state index is -0.544. The summed E-state index contributed by atoms with van der Waals surface area (Å²) in [6, 6.07) is 3.69. The number of amides is 3. The van der Waals surface area contributed by atoms with Gasteiger partial charge in [-0.15, -0.1) is 0 Å². The molecule has 1 aromatic carbocycles. The summed E-state index contributed by atoms with van der Waals surface area (Å²) in [4.78, 5) is 28.6. The Hall–Kier alpha value is -2.61. The maximum Gasteiger partial charge on any atom is 0.321 e. The summed E-state index contributed by atoms with van der Waals surface area (Å²) < 4.78 is 18.3. The number of hydrogen-bond acceptors (Lipinski definition) is 4. The highest BCUT2D eigenvalue weighted by Crippen LogP contribution is 2.20. The number of anilines is 1. The summed E-state index contributed by atoms with van der Waals surface area (Å²) in [5.41, 5.74) is 1.46. The average Bonchev–Trinajstić information content (AvgIpc) is 2.84. The molecule has 1 aromatic heterocycles. The fourth-order valence-electron chi connectivity index (χ4n) is 3.05. The van der Waals surface area contributed by atoms with Crippen molar-refractivity contribution in [1.29, 1.82) is 0 Å². The number of rotatable bonds is 2. The zero-order valence-electron chi connectivity index (χ0n) is 15.1. The number of carbonyl (C=O) groups excluding carboxylic acids is 2. The summed E-state index contributed by atoms with van der Waals surface area (Å²) in [5, 5.41) is 6.47. The smallest absolute Gasteiger partial charge is 0.321 e. The standard InChI is InChI=1S/C18H20ClFN4O3/c1-11-16(12(2)27-22-11)17(25)23-6-3-7-24(9-8-23)18(26)21-13-4-5-15(20)14(19)10-13/h4-5,10H,3,6-9H2,1-2H3,(H,21,26). The Morgan fingerprint density at radius 2 is 1.89 bits per heavy atom. The molecule has 0 bridgehead atoms. The summed E-state index contributed by atoms with van der Waals surface area (Å²) in [6.45, 7) is 5.27. The Labute approximate surface area is 161 Å². The molecule has 3 amide bonds. The molecule has 1 aliphatic heterocycles. The molecule has 1 N–H and O–H groups in total. The van der Waals surface area contributed by atoms with Gasteiger partial charge in [-0.3, -0.25) is 4.79 Å². The van der Waals surface area contributed by atoms with Gasteiger partial charge in [-0.1, -0.05) is 16.8 Å². The number of nitrogens with one attached hydrogen (secondary N) is 1. The first-order chi connectivity index (χ1) is 12.9. The normalized spacial score (nSPS) is 14.8. The predicted octanol–water partition coefficient (Wildman–Crippen LogP) is 3.46. The van der Waals surface area contributed by atoms with E-state index in [9.17, 15) is 14.0 Å². The second-order valence-corrected chi connectivity index (χ2v) is 6.80. The molecule has 1 fully saturated rings. The number of halogens is 2. The van der Waals surface area contributed by atoms with Gasteiger partial charge in [-0.25, -0.2) is 9.18 Å². The van der Waals surface area contributed by atoms with Crippen LogP contribution in [0.4, 0.5) is 14.9 Å². The van der Waals surface area contributed by atoms with E-state index in [1.165, 1.54) is 18.2 Å². The van der Waals surface area contributed by atoms with Gasteiger partial charge in [0.15, 0.2) is 0 Å². The maximum absolute atomic E-state index is 13.2. The van der Waals surface area contributed by atoms with Crippen LogP contribution in [0.5, 0.6) is 0 Å². The fraction of sp³-hybridized carbons (Fsp3) is 0.389. The molecule has 0 unspecified atom stereocenters. The van der Waals surface area contributed by atoms with Crippen LogP contribution in [0.15, 0.2) is 22.7 Å². The lowest BCUT2D eigenvalue weighted by Crippen LogP contribution is -2.39. The van der Waals surface area contributed by atoms with Crippen LogP contribution in [0.25, 0.3) is 0 Å². The largest absolute Gasteiger partial charge is 0.361 e. The first-order valence-corrected chi connectivity index (χ1v) is 8.97. The Morgan fingerprint density at radius 1 is 1.19 bits per heavy atom. The van der Waals surface area contributed by atoms with Gasteiger partial charge in [0.1, 0.15) is 17.1 Å². The summed E-state index contributed by atoms with van der Waals surface area (Å²) in [7, 11) is 0. The molecule has 0 atom stereocenters. The molecule has 2 heterocycles. The van der Waals surface area contributed by atoms with Gasteiger partial charge in [0.05, 0.1) is 10.7 Å². The molecule has 0 radical (unpaired) electrons. The van der Waals surface area contributed by atoms with Crippen molar-refractivity contribution in [2.45, 2.75) is 20.3 Å². The number of aryl methyl sites for hydroxylation is 2. The van der Waals surface area contributed by atoms with Crippen LogP contribution in [-0.2, 0) is 0 Å². The highest BCUT2D eigenvalue weighted by atomic mass is 35.5. The second-order valence-electron chi connectivity index (χ2n) is 6.39. The van der Waals surface area contributed by atoms with Crippen LogP contribution in [0.2, 0.25) is 5.02 Å². The zero-order chi connectivity index (χ0) is 19.6. The molecule has 0 saturated carbocycles. The number of nitrogens with zero attached hydrogens (tertiary/aromatic N) is 3. The van der Waals surface area contributed by atoms with E-state index in [0.717, 1.165) is 0 Å². The van der Waals surface area contributed by atoms with E-state index in [0.29, 0.717) is 55.3 Å². The van der Waals surface area contributed by atoms with Crippen molar-refractivity contribution < 1.29 is 18.5 Å². The first-order valence-electron chi connectivity index (χ1n) is 8.60. The van der Waals surface area contributed by atoms with Gasteiger partial charge in [0.2, 0.25) is 0 Å². The maximum atomic E-state index is 13.2. The van der Waals surface area contributed by atoms with Crippen molar-refractivity contribution in [2.24, 2.45) is 0 Å². The first kappa shape index (κ1) is 19.2. The lowest BCUT2D eigenvalue weighted by atomic mass is 10.1. The molecule has 144 valence electrons. The van der Waals surface area contributed by atoms with E-state index in [-0.39, 0.29) is 17.0 Å². The highest BCUT2D eigenvalue weighted by molar-refractivity contribution is 6.31. The number of urea groups is 1. The third-order valence-electron chi connectivity index (χ3n) is 4.49. The minimum Gasteiger partial charge on any atom is -0.361 e. The van der Waals surface area contributed by atoms with E-state index in [4.69, 9.17) is 16.1 Å². The van der Waals surface area contributed by atoms with Crippen molar-refractivity contribution in [2.75, 3.05) is 31.5 Å². The Kier molecular flexibility index (Phi) is 5.65. The van der Waals surface area contributed by atoms with Gasteiger partial charge in [0.25, 0.3) is 5.91 Å². The summed E-state index contributed by atoms with van der Waals surface area (Å²) >= 11 is 5.74. The molecule has 7 nitrogen and oxygen atoms in total. The van der Waals surface area contributed by atoms with Crippen LogP contribution in [-0.4, -0.2) is 53.1 Å². The number of aromatic nitrogens is 1. The fourth-order valence-corrected chi connectivity index (χ4v) is 3.23. The van der Waals surface area contributed by atoms with Crippen molar-refractivity contribution in [3.63, 3.8) is 0 Å². The molecule has 3 rings (SSSR count). The predicted molar refractivity (Wildman–Crippen MR) is 98.5 cm³/mol. The number of benzene rings is 1. The van der Waals surface area contributed by atoms with Gasteiger partial charge >= 0.3 is 6.03 Å². The zero-order valence-corrected chi connectivity index (χ0v) is 15.8. The van der Waals surface area contributed by atoms with E-state index >= 15 is 0 Å². The van der Waals surface area contributed by atoms with Gasteiger partial charge in [-0.05, 0) is 38.5 Å². The molecule has 1 aliphatic rings. The quantitative estimate of drug-likeness (QED) is 0.846. The highest BCUT2D eigenvalue weighted by Gasteiger charge is 2.26. The molecule has 2 aromatic rings.